The van der Waals surface area contributed by atoms with Crippen LogP contribution in [0, 0.1) is 0 Å². The highest BCUT2D eigenvalue weighted by molar-refractivity contribution is 6.25. The van der Waals surface area contributed by atoms with Crippen LogP contribution < -0.4 is 0 Å². The van der Waals surface area contributed by atoms with Gasteiger partial charge in [0.05, 0.1) is 6.42 Å². The Morgan fingerprint density at radius 3 is 2.42 bits per heavy atom. The first-order chi connectivity index (χ1) is 9.08. The van der Waals surface area contributed by atoms with Crippen LogP contribution in [0.25, 0.3) is 0 Å². The second-order valence-electron chi connectivity index (χ2n) is 4.52. The molecule has 1 aromatic rings. The minimum absolute atomic E-state index is 0.0436. The molecule has 1 saturated heterocycles. The van der Waals surface area contributed by atoms with E-state index < -0.39 is 18.2 Å². The van der Waals surface area contributed by atoms with E-state index in [1.54, 1.807) is 24.3 Å². The number of fused-ring (bicyclic) bond motifs is 1. The maximum atomic E-state index is 12.3. The van der Waals surface area contributed by atoms with Crippen molar-refractivity contribution in [3.63, 3.8) is 0 Å². The number of carbonyl (C=O) groups is 3. The smallest absolute Gasteiger partial charge is 0.309 e. The molecule has 3 rings (SSSR count). The average molecular weight is 258 g/mol. The molecule has 1 aromatic carbocycles. The highest BCUT2D eigenvalue weighted by atomic mass is 16.6. The minimum Gasteiger partial charge on any atom is -0.454 e. The largest absolute Gasteiger partial charge is 0.454 e. The number of ether oxygens (including phenoxy) is 1. The molecule has 1 heterocycles. The van der Waals surface area contributed by atoms with Crippen LogP contribution in [0.5, 0.6) is 0 Å². The second kappa shape index (κ2) is 4.13. The molecule has 0 radical (unpaired) electrons. The number of ketones is 2. The van der Waals surface area contributed by atoms with E-state index in [1.165, 1.54) is 0 Å². The lowest BCUT2D eigenvalue weighted by Gasteiger charge is -2.20. The van der Waals surface area contributed by atoms with Crippen LogP contribution in [0.3, 0.4) is 0 Å². The van der Waals surface area contributed by atoms with Gasteiger partial charge in [0.1, 0.15) is 6.10 Å². The van der Waals surface area contributed by atoms with Crippen molar-refractivity contribution >= 4 is 17.5 Å². The number of allylic oxidation sites excluding steroid dienone is 1. The number of Topliss-reactive ketones (excluding diaryl/α,β-unsaturated/α-hetero) is 1. The van der Waals surface area contributed by atoms with Crippen molar-refractivity contribution < 1.29 is 24.2 Å². The molecular formula is C14H10O5. The number of esters is 1. The second-order valence-corrected chi connectivity index (χ2v) is 4.52. The Bertz CT molecular complexity index is 628. The molecule has 1 aliphatic carbocycles. The monoisotopic (exact) mass is 258 g/mol. The summed E-state index contributed by atoms with van der Waals surface area (Å²) in [5, 5.41) is 9.71. The molecule has 0 amide bonds. The molecule has 0 bridgehead atoms. The van der Waals surface area contributed by atoms with Gasteiger partial charge in [0.2, 0.25) is 0 Å². The lowest BCUT2D eigenvalue weighted by atomic mass is 9.86. The van der Waals surface area contributed by atoms with Gasteiger partial charge in [-0.15, -0.1) is 0 Å². The zero-order valence-corrected chi connectivity index (χ0v) is 9.83. The zero-order valence-electron chi connectivity index (χ0n) is 9.83. The number of hydrogen-bond acceptors (Lipinski definition) is 5. The van der Waals surface area contributed by atoms with Gasteiger partial charge in [-0.05, 0) is 6.08 Å². The molecule has 0 saturated carbocycles. The summed E-state index contributed by atoms with van der Waals surface area (Å²) in [5.74, 6) is -1.27. The van der Waals surface area contributed by atoms with Crippen LogP contribution in [-0.4, -0.2) is 34.9 Å². The zero-order chi connectivity index (χ0) is 13.6. The van der Waals surface area contributed by atoms with E-state index in [0.29, 0.717) is 5.56 Å². The first kappa shape index (κ1) is 11.8. The molecule has 2 atom stereocenters. The van der Waals surface area contributed by atoms with E-state index in [1.807, 2.05) is 0 Å². The van der Waals surface area contributed by atoms with Crippen molar-refractivity contribution in [1.82, 2.24) is 0 Å². The Morgan fingerprint density at radius 2 is 1.79 bits per heavy atom. The van der Waals surface area contributed by atoms with Crippen molar-refractivity contribution in [2.24, 2.45) is 0 Å². The predicted molar refractivity (Wildman–Crippen MR) is 63.7 cm³/mol. The molecule has 1 fully saturated rings. The number of rotatable bonds is 1. The summed E-state index contributed by atoms with van der Waals surface area (Å²) in [4.78, 5) is 35.3. The van der Waals surface area contributed by atoms with Gasteiger partial charge in [0, 0.05) is 16.7 Å². The van der Waals surface area contributed by atoms with Crippen LogP contribution in [0.4, 0.5) is 0 Å². The summed E-state index contributed by atoms with van der Waals surface area (Å²) < 4.78 is 4.92. The molecule has 2 aliphatic rings. The van der Waals surface area contributed by atoms with E-state index in [0.717, 1.165) is 6.08 Å². The molecule has 0 spiro atoms. The third-order valence-corrected chi connectivity index (χ3v) is 3.28. The fourth-order valence-electron chi connectivity index (χ4n) is 2.36. The predicted octanol–water partition coefficient (Wildman–Crippen LogP) is 0.668. The van der Waals surface area contributed by atoms with Gasteiger partial charge in [0.15, 0.2) is 17.7 Å². The lowest BCUT2D eigenvalue weighted by Crippen LogP contribution is -2.31. The van der Waals surface area contributed by atoms with Crippen molar-refractivity contribution in [2.75, 3.05) is 0 Å². The van der Waals surface area contributed by atoms with Crippen LogP contribution in [0.2, 0.25) is 0 Å². The molecule has 1 aliphatic heterocycles. The summed E-state index contributed by atoms with van der Waals surface area (Å²) in [6, 6.07) is 6.45. The summed E-state index contributed by atoms with van der Waals surface area (Å²) in [5.41, 5.74) is 0.650. The first-order valence-corrected chi connectivity index (χ1v) is 5.85. The first-order valence-electron chi connectivity index (χ1n) is 5.85. The van der Waals surface area contributed by atoms with Gasteiger partial charge in [0.25, 0.3) is 0 Å². The van der Waals surface area contributed by atoms with E-state index >= 15 is 0 Å². The molecule has 5 heteroatoms. The number of benzene rings is 1. The van der Waals surface area contributed by atoms with Crippen LogP contribution >= 0.6 is 0 Å². The maximum Gasteiger partial charge on any atom is 0.309 e. The Labute approximate surface area is 108 Å². The third-order valence-electron chi connectivity index (χ3n) is 3.28. The Kier molecular flexibility index (Phi) is 2.57. The number of carbonyl (C=O) groups excluding carboxylic acids is 3. The normalized spacial score (nSPS) is 25.9. The Hall–Kier alpha value is -2.27. The molecule has 2 unspecified atom stereocenters. The maximum absolute atomic E-state index is 12.3. The molecular weight excluding hydrogens is 248 g/mol. The van der Waals surface area contributed by atoms with Gasteiger partial charge in [-0.3, -0.25) is 14.4 Å². The van der Waals surface area contributed by atoms with Crippen molar-refractivity contribution in [3.8, 4) is 0 Å². The average Bonchev–Trinajstić information content (AvgIpc) is 2.73. The van der Waals surface area contributed by atoms with Gasteiger partial charge in [-0.2, -0.15) is 0 Å². The minimum atomic E-state index is -1.08. The van der Waals surface area contributed by atoms with Crippen molar-refractivity contribution in [3.05, 3.63) is 47.0 Å². The Morgan fingerprint density at radius 1 is 1.11 bits per heavy atom. The van der Waals surface area contributed by atoms with Crippen molar-refractivity contribution in [1.29, 1.82) is 0 Å². The van der Waals surface area contributed by atoms with Crippen LogP contribution in [0.1, 0.15) is 27.1 Å². The molecule has 0 aromatic heterocycles. The molecule has 19 heavy (non-hydrogen) atoms. The van der Waals surface area contributed by atoms with Crippen LogP contribution in [0.15, 0.2) is 35.9 Å². The van der Waals surface area contributed by atoms with Crippen molar-refractivity contribution in [2.45, 2.75) is 18.6 Å². The number of hydrogen-bond donors (Lipinski definition) is 1. The van der Waals surface area contributed by atoms with Crippen LogP contribution in [-0.2, 0) is 9.53 Å². The summed E-state index contributed by atoms with van der Waals surface area (Å²) in [6.07, 6.45) is -1.14. The van der Waals surface area contributed by atoms with Gasteiger partial charge in [-0.25, -0.2) is 0 Å². The summed E-state index contributed by atoms with van der Waals surface area (Å²) in [7, 11) is 0. The fraction of sp³-hybridized carbons (Fsp3) is 0.214. The van der Waals surface area contributed by atoms with Gasteiger partial charge >= 0.3 is 5.97 Å². The highest BCUT2D eigenvalue weighted by Crippen LogP contribution is 2.29. The highest BCUT2D eigenvalue weighted by Gasteiger charge is 2.41. The molecule has 5 nitrogen and oxygen atoms in total. The number of aliphatic hydroxyl groups is 1. The topological polar surface area (TPSA) is 80.7 Å². The van der Waals surface area contributed by atoms with E-state index in [2.05, 4.69) is 0 Å². The fourth-order valence-corrected chi connectivity index (χ4v) is 2.36. The van der Waals surface area contributed by atoms with E-state index in [-0.39, 0.29) is 29.1 Å². The number of aliphatic hydroxyl groups excluding tert-OH is 1. The Balaban J connectivity index is 2.04. The molecule has 1 N–H and O–H groups in total. The van der Waals surface area contributed by atoms with Gasteiger partial charge in [-0.1, -0.05) is 24.3 Å². The van der Waals surface area contributed by atoms with Gasteiger partial charge < -0.3 is 9.84 Å². The summed E-state index contributed by atoms with van der Waals surface area (Å²) >= 11 is 0. The lowest BCUT2D eigenvalue weighted by molar-refractivity contribution is -0.140. The van der Waals surface area contributed by atoms with E-state index in [9.17, 15) is 19.5 Å². The molecule has 96 valence electrons. The summed E-state index contributed by atoms with van der Waals surface area (Å²) in [6.45, 7) is 0. The third kappa shape index (κ3) is 1.79. The quantitative estimate of drug-likeness (QED) is 0.749. The van der Waals surface area contributed by atoms with E-state index in [4.69, 9.17) is 4.74 Å². The SMILES string of the molecule is O=C1CC(O)C(C2=CC(=O)c3ccccc3C2=O)O1. The standard InChI is InChI=1S/C14H10O5/c15-10-5-9(14-11(16)6-12(17)19-14)13(18)8-4-2-1-3-7(8)10/h1-5,11,14,16H,6H2. The number of cyclic esters (lactones) is 1.